The highest BCUT2D eigenvalue weighted by Gasteiger charge is 2.25. The molecule has 1 N–H and O–H groups in total. The Morgan fingerprint density at radius 1 is 1.17 bits per heavy atom. The summed E-state index contributed by atoms with van der Waals surface area (Å²) in [5.74, 6) is 0.389. The van der Waals surface area contributed by atoms with Crippen molar-refractivity contribution in [3.63, 3.8) is 0 Å². The van der Waals surface area contributed by atoms with Crippen molar-refractivity contribution in [2.45, 2.75) is 29.7 Å². The number of aromatic nitrogens is 3. The number of fused-ring (bicyclic) bond motifs is 2. The predicted molar refractivity (Wildman–Crippen MR) is 118 cm³/mol. The fourth-order valence-electron chi connectivity index (χ4n) is 3.25. The highest BCUT2D eigenvalue weighted by Crippen LogP contribution is 2.27. The van der Waals surface area contributed by atoms with Crippen LogP contribution in [0.1, 0.15) is 28.9 Å². The normalized spacial score (nSPS) is 13.6. The molecule has 5 rings (SSSR count). The van der Waals surface area contributed by atoms with Crippen LogP contribution in [-0.4, -0.2) is 26.3 Å². The number of pyridine rings is 2. The van der Waals surface area contributed by atoms with Gasteiger partial charge in [0.25, 0.3) is 11.5 Å². The molecule has 1 aliphatic carbocycles. The smallest absolute Gasteiger partial charge is 0.258 e. The number of nitrogens with zero attached hydrogens (tertiary/aromatic N) is 3. The maximum atomic E-state index is 12.7. The highest BCUT2D eigenvalue weighted by molar-refractivity contribution is 7.98. The molecule has 0 aliphatic heterocycles. The van der Waals surface area contributed by atoms with Crippen molar-refractivity contribution < 1.29 is 4.79 Å². The van der Waals surface area contributed by atoms with Crippen LogP contribution in [0.4, 0.5) is 0 Å². The van der Waals surface area contributed by atoms with Crippen molar-refractivity contribution in [3.8, 4) is 0 Å². The third kappa shape index (κ3) is 3.91. The number of carbonyl (C=O) groups is 1. The fourth-order valence-corrected chi connectivity index (χ4v) is 4.22. The van der Waals surface area contributed by atoms with E-state index in [9.17, 15) is 9.59 Å². The van der Waals surface area contributed by atoms with Crippen LogP contribution in [0.3, 0.4) is 0 Å². The zero-order valence-corrected chi connectivity index (χ0v) is 17.4. The summed E-state index contributed by atoms with van der Waals surface area (Å²) in [4.78, 5) is 34.3. The second-order valence-electron chi connectivity index (χ2n) is 7.22. The standard InChI is InChI=1S/C22H17ClN4O2S/c23-13-5-8-19-24-15(9-21(28)27(19)11-13)12-30-20-10-17(22(29)25-14-6-7-14)16-3-1-2-4-18(16)26-20/h1-5,8-11,14H,6-7,12H2,(H,25,29). The van der Waals surface area contributed by atoms with E-state index in [1.807, 2.05) is 30.3 Å². The highest BCUT2D eigenvalue weighted by atomic mass is 35.5. The third-order valence-corrected chi connectivity index (χ3v) is 6.06. The lowest BCUT2D eigenvalue weighted by Gasteiger charge is -2.10. The van der Waals surface area contributed by atoms with Gasteiger partial charge in [0.2, 0.25) is 0 Å². The Kier molecular flexibility index (Phi) is 4.92. The van der Waals surface area contributed by atoms with Crippen molar-refractivity contribution in [2.75, 3.05) is 0 Å². The van der Waals surface area contributed by atoms with Gasteiger partial charge in [-0.2, -0.15) is 0 Å². The molecule has 30 heavy (non-hydrogen) atoms. The fraction of sp³-hybridized carbons (Fsp3) is 0.182. The molecular formula is C22H17ClN4O2S. The third-order valence-electron chi connectivity index (χ3n) is 4.89. The zero-order valence-electron chi connectivity index (χ0n) is 15.8. The molecule has 0 spiro atoms. The lowest BCUT2D eigenvalue weighted by atomic mass is 10.1. The summed E-state index contributed by atoms with van der Waals surface area (Å²) >= 11 is 7.41. The SMILES string of the molecule is O=C(NC1CC1)c1cc(SCc2cc(=O)n3cc(Cl)ccc3n2)nc2ccccc12. The number of rotatable bonds is 5. The van der Waals surface area contributed by atoms with Crippen LogP contribution in [0, 0.1) is 0 Å². The molecule has 3 aromatic heterocycles. The molecule has 1 fully saturated rings. The Bertz CT molecular complexity index is 1350. The number of hydrogen-bond donors (Lipinski definition) is 1. The average Bonchev–Trinajstić information content (AvgIpc) is 3.56. The number of amides is 1. The topological polar surface area (TPSA) is 76.4 Å². The summed E-state index contributed by atoms with van der Waals surface area (Å²) in [6.45, 7) is 0. The molecule has 150 valence electrons. The van der Waals surface area contributed by atoms with Gasteiger partial charge in [-0.3, -0.25) is 14.0 Å². The number of carbonyl (C=O) groups excluding carboxylic acids is 1. The first-order valence-corrected chi connectivity index (χ1v) is 10.9. The maximum absolute atomic E-state index is 12.7. The van der Waals surface area contributed by atoms with E-state index in [1.165, 1.54) is 22.2 Å². The zero-order chi connectivity index (χ0) is 20.7. The summed E-state index contributed by atoms with van der Waals surface area (Å²) in [5.41, 5.74) is 2.39. The van der Waals surface area contributed by atoms with Gasteiger partial charge in [0.05, 0.1) is 26.8 Å². The second-order valence-corrected chi connectivity index (χ2v) is 8.65. The maximum Gasteiger partial charge on any atom is 0.258 e. The summed E-state index contributed by atoms with van der Waals surface area (Å²) < 4.78 is 1.42. The molecule has 1 aliphatic rings. The summed E-state index contributed by atoms with van der Waals surface area (Å²) in [6, 6.07) is 14.6. The number of hydrogen-bond acceptors (Lipinski definition) is 5. The molecule has 6 nitrogen and oxygen atoms in total. The number of benzene rings is 1. The van der Waals surface area contributed by atoms with E-state index in [-0.39, 0.29) is 17.5 Å². The number of thioether (sulfide) groups is 1. The predicted octanol–water partition coefficient (Wildman–Crippen LogP) is 4.08. The lowest BCUT2D eigenvalue weighted by molar-refractivity contribution is 0.0952. The average molecular weight is 437 g/mol. The molecule has 0 bridgehead atoms. The van der Waals surface area contributed by atoms with Crippen molar-refractivity contribution >= 4 is 45.8 Å². The molecule has 1 saturated carbocycles. The minimum absolute atomic E-state index is 0.0723. The minimum Gasteiger partial charge on any atom is -0.349 e. The number of halogens is 1. The van der Waals surface area contributed by atoms with Gasteiger partial charge in [0.1, 0.15) is 5.65 Å². The summed E-state index contributed by atoms with van der Waals surface area (Å²) in [7, 11) is 0. The quantitative estimate of drug-likeness (QED) is 0.477. The molecule has 0 saturated heterocycles. The Hall–Kier alpha value is -2.90. The largest absolute Gasteiger partial charge is 0.349 e. The van der Waals surface area contributed by atoms with Crippen molar-refractivity contribution in [3.05, 3.63) is 81.4 Å². The van der Waals surface area contributed by atoms with Gasteiger partial charge in [-0.1, -0.05) is 41.6 Å². The van der Waals surface area contributed by atoms with Crippen molar-refractivity contribution in [1.29, 1.82) is 0 Å². The van der Waals surface area contributed by atoms with E-state index in [1.54, 1.807) is 18.3 Å². The summed E-state index contributed by atoms with van der Waals surface area (Å²) in [5, 5.41) is 5.08. The second kappa shape index (κ2) is 7.74. The van der Waals surface area contributed by atoms with Gasteiger partial charge in [-0.25, -0.2) is 9.97 Å². The van der Waals surface area contributed by atoms with Crippen LogP contribution in [0.25, 0.3) is 16.6 Å². The van der Waals surface area contributed by atoms with Gasteiger partial charge in [-0.15, -0.1) is 0 Å². The molecule has 8 heteroatoms. The van der Waals surface area contributed by atoms with E-state index in [4.69, 9.17) is 11.6 Å². The van der Waals surface area contributed by atoms with Gasteiger partial charge >= 0.3 is 0 Å². The van der Waals surface area contributed by atoms with E-state index < -0.39 is 0 Å². The molecule has 4 aromatic rings. The first-order valence-electron chi connectivity index (χ1n) is 9.58. The molecule has 3 heterocycles. The Labute approximate surface area is 181 Å². The molecule has 0 radical (unpaired) electrons. The first-order chi connectivity index (χ1) is 14.6. The Balaban J connectivity index is 1.45. The van der Waals surface area contributed by atoms with Crippen LogP contribution >= 0.6 is 23.4 Å². The first kappa shape index (κ1) is 19.1. The van der Waals surface area contributed by atoms with Crippen LogP contribution in [0.2, 0.25) is 5.02 Å². The summed E-state index contributed by atoms with van der Waals surface area (Å²) in [6.07, 6.45) is 3.62. The minimum atomic E-state index is -0.186. The van der Waals surface area contributed by atoms with E-state index in [2.05, 4.69) is 15.3 Å². The number of nitrogens with one attached hydrogen (secondary N) is 1. The van der Waals surface area contributed by atoms with Crippen LogP contribution in [0.15, 0.2) is 64.5 Å². The van der Waals surface area contributed by atoms with Gasteiger partial charge in [-0.05, 0) is 37.1 Å². The van der Waals surface area contributed by atoms with E-state index in [0.717, 1.165) is 23.7 Å². The van der Waals surface area contributed by atoms with Crippen molar-refractivity contribution in [1.82, 2.24) is 19.7 Å². The van der Waals surface area contributed by atoms with Crippen molar-refractivity contribution in [2.24, 2.45) is 0 Å². The van der Waals surface area contributed by atoms with Gasteiger partial charge in [0, 0.05) is 29.4 Å². The monoisotopic (exact) mass is 436 g/mol. The van der Waals surface area contributed by atoms with Crippen LogP contribution < -0.4 is 10.9 Å². The molecule has 0 unspecified atom stereocenters. The van der Waals surface area contributed by atoms with Crippen LogP contribution in [0.5, 0.6) is 0 Å². The Morgan fingerprint density at radius 2 is 2.00 bits per heavy atom. The number of para-hydroxylation sites is 1. The molecule has 1 amide bonds. The van der Waals surface area contributed by atoms with Gasteiger partial charge < -0.3 is 5.32 Å². The lowest BCUT2D eigenvalue weighted by Crippen LogP contribution is -2.25. The van der Waals surface area contributed by atoms with E-state index in [0.29, 0.717) is 32.7 Å². The Morgan fingerprint density at radius 3 is 2.83 bits per heavy atom. The van der Waals surface area contributed by atoms with Crippen LogP contribution in [-0.2, 0) is 5.75 Å². The molecule has 1 aromatic carbocycles. The molecular weight excluding hydrogens is 420 g/mol. The molecule has 0 atom stereocenters. The van der Waals surface area contributed by atoms with Gasteiger partial charge in [0.15, 0.2) is 0 Å². The van der Waals surface area contributed by atoms with E-state index >= 15 is 0 Å².